The minimum Gasteiger partial charge on any atom is -0.480 e. The number of hydrogen-bond acceptors (Lipinski definition) is 4. The third-order valence-corrected chi connectivity index (χ3v) is 8.35. The Hall–Kier alpha value is -1.10. The second-order valence-corrected chi connectivity index (χ2v) is 12.5. The van der Waals surface area contributed by atoms with Crippen molar-refractivity contribution in [2.75, 3.05) is 13.2 Å². The molecule has 0 spiro atoms. The minimum atomic E-state index is -0.969. The molecule has 0 amide bonds. The third-order valence-electron chi connectivity index (χ3n) is 8.35. The smallest absolute Gasteiger partial charge is 0.321 e. The van der Waals surface area contributed by atoms with Gasteiger partial charge in [0, 0.05) is 0 Å². The fourth-order valence-corrected chi connectivity index (χ4v) is 5.55. The highest BCUT2D eigenvalue weighted by Gasteiger charge is 2.21. The topological polar surface area (TPSA) is 75.6 Å². The van der Waals surface area contributed by atoms with Gasteiger partial charge in [0.05, 0.1) is 13.0 Å². The standard InChI is InChI=1S/C36H71NO4/c1-3-5-7-9-11-13-15-17-19-21-23-25-27-29-31-37-34(36(39)40)33-35(38)41-32-30-28-26-24-22-20-18-16-14-12-10-8-6-4-2/h34,37H,3-33H2,1-2H3,(H,39,40). The van der Waals surface area contributed by atoms with Gasteiger partial charge < -0.3 is 15.2 Å². The number of aliphatic carboxylic acids is 1. The Morgan fingerprint density at radius 3 is 1.17 bits per heavy atom. The fourth-order valence-electron chi connectivity index (χ4n) is 5.55. The molecule has 5 nitrogen and oxygen atoms in total. The molecule has 41 heavy (non-hydrogen) atoms. The van der Waals surface area contributed by atoms with E-state index >= 15 is 0 Å². The summed E-state index contributed by atoms with van der Waals surface area (Å²) in [4.78, 5) is 23.7. The molecule has 0 fully saturated rings. The zero-order valence-corrected chi connectivity index (χ0v) is 27.7. The number of carbonyl (C=O) groups is 2. The monoisotopic (exact) mass is 582 g/mol. The van der Waals surface area contributed by atoms with Gasteiger partial charge in [-0.1, -0.05) is 181 Å². The first-order valence-corrected chi connectivity index (χ1v) is 18.2. The predicted octanol–water partition coefficient (Wildman–Crippen LogP) is 10.9. The largest absolute Gasteiger partial charge is 0.480 e. The van der Waals surface area contributed by atoms with Crippen molar-refractivity contribution in [2.45, 2.75) is 206 Å². The Bertz CT molecular complexity index is 554. The third kappa shape index (κ3) is 31.7. The predicted molar refractivity (Wildman–Crippen MR) is 176 cm³/mol. The molecule has 0 saturated carbocycles. The van der Waals surface area contributed by atoms with Crippen LogP contribution >= 0.6 is 0 Å². The number of esters is 1. The Kier molecular flexibility index (Phi) is 32.5. The highest BCUT2D eigenvalue weighted by Crippen LogP contribution is 2.14. The van der Waals surface area contributed by atoms with E-state index in [9.17, 15) is 14.7 Å². The van der Waals surface area contributed by atoms with Gasteiger partial charge in [0.25, 0.3) is 0 Å². The number of carboxylic acid groups (broad SMARTS) is 1. The molecule has 0 saturated heterocycles. The van der Waals surface area contributed by atoms with Crippen molar-refractivity contribution >= 4 is 11.9 Å². The number of unbranched alkanes of at least 4 members (excludes halogenated alkanes) is 26. The van der Waals surface area contributed by atoms with E-state index in [1.54, 1.807) is 0 Å². The second-order valence-electron chi connectivity index (χ2n) is 12.5. The van der Waals surface area contributed by atoms with Crippen molar-refractivity contribution in [1.29, 1.82) is 0 Å². The molecule has 1 unspecified atom stereocenters. The first-order valence-electron chi connectivity index (χ1n) is 18.2. The normalized spacial score (nSPS) is 12.0. The fraction of sp³-hybridized carbons (Fsp3) is 0.944. The summed E-state index contributed by atoms with van der Waals surface area (Å²) in [5.74, 6) is -1.37. The minimum absolute atomic E-state index is 0.0907. The molecule has 0 radical (unpaired) electrons. The molecule has 0 aromatic heterocycles. The lowest BCUT2D eigenvalue weighted by Crippen LogP contribution is -2.39. The van der Waals surface area contributed by atoms with Crippen molar-refractivity contribution < 1.29 is 19.4 Å². The number of carbonyl (C=O) groups excluding carboxylic acids is 1. The summed E-state index contributed by atoms with van der Waals surface area (Å²) >= 11 is 0. The lowest BCUT2D eigenvalue weighted by molar-refractivity contribution is -0.149. The Morgan fingerprint density at radius 1 is 0.512 bits per heavy atom. The average molecular weight is 582 g/mol. The highest BCUT2D eigenvalue weighted by molar-refractivity contribution is 5.81. The maximum atomic E-state index is 12.1. The van der Waals surface area contributed by atoms with Gasteiger partial charge in [0.1, 0.15) is 6.04 Å². The van der Waals surface area contributed by atoms with Crippen LogP contribution < -0.4 is 5.32 Å². The van der Waals surface area contributed by atoms with Crippen molar-refractivity contribution in [3.63, 3.8) is 0 Å². The summed E-state index contributed by atoms with van der Waals surface area (Å²) in [6.45, 7) is 5.58. The van der Waals surface area contributed by atoms with Crippen LogP contribution in [0.4, 0.5) is 0 Å². The Balaban J connectivity index is 3.51. The van der Waals surface area contributed by atoms with E-state index in [0.29, 0.717) is 13.2 Å². The van der Waals surface area contributed by atoms with Crippen LogP contribution in [0.1, 0.15) is 200 Å². The van der Waals surface area contributed by atoms with E-state index < -0.39 is 18.0 Å². The first-order chi connectivity index (χ1) is 20.1. The summed E-state index contributed by atoms with van der Waals surface area (Å²) in [6, 6.07) is -0.846. The summed E-state index contributed by atoms with van der Waals surface area (Å²) in [6.07, 6.45) is 36.3. The molecule has 0 aliphatic heterocycles. The summed E-state index contributed by atoms with van der Waals surface area (Å²) in [7, 11) is 0. The number of carboxylic acids is 1. The lowest BCUT2D eigenvalue weighted by atomic mass is 10.0. The van der Waals surface area contributed by atoms with Gasteiger partial charge in [-0.25, -0.2) is 0 Å². The number of nitrogens with one attached hydrogen (secondary N) is 1. The van der Waals surface area contributed by atoms with Crippen LogP contribution in [0.5, 0.6) is 0 Å². The molecular formula is C36H71NO4. The number of rotatable bonds is 34. The van der Waals surface area contributed by atoms with Gasteiger partial charge in [-0.05, 0) is 19.4 Å². The molecule has 0 aromatic rings. The van der Waals surface area contributed by atoms with E-state index in [1.807, 2.05) is 0 Å². The van der Waals surface area contributed by atoms with Gasteiger partial charge in [-0.15, -0.1) is 0 Å². The quantitative estimate of drug-likeness (QED) is 0.0584. The van der Waals surface area contributed by atoms with Crippen LogP contribution in [0.2, 0.25) is 0 Å². The lowest BCUT2D eigenvalue weighted by Gasteiger charge is -2.14. The zero-order valence-electron chi connectivity index (χ0n) is 27.7. The molecule has 0 heterocycles. The van der Waals surface area contributed by atoms with Gasteiger partial charge in [-0.3, -0.25) is 9.59 Å². The molecule has 5 heteroatoms. The van der Waals surface area contributed by atoms with Crippen molar-refractivity contribution in [1.82, 2.24) is 5.32 Å². The van der Waals surface area contributed by atoms with Gasteiger partial charge >= 0.3 is 11.9 Å². The van der Waals surface area contributed by atoms with Crippen LogP contribution in [0.15, 0.2) is 0 Å². The van der Waals surface area contributed by atoms with Crippen LogP contribution in [0, 0.1) is 0 Å². The summed E-state index contributed by atoms with van der Waals surface area (Å²) in [5, 5.41) is 12.5. The van der Waals surface area contributed by atoms with Gasteiger partial charge in [0.2, 0.25) is 0 Å². The molecule has 0 aliphatic rings. The number of ether oxygens (including phenoxy) is 1. The molecule has 244 valence electrons. The summed E-state index contributed by atoms with van der Waals surface area (Å²) < 4.78 is 5.32. The van der Waals surface area contributed by atoms with Gasteiger partial charge in [0.15, 0.2) is 0 Å². The van der Waals surface area contributed by atoms with Crippen LogP contribution in [0.25, 0.3) is 0 Å². The van der Waals surface area contributed by atoms with Crippen LogP contribution in [-0.2, 0) is 14.3 Å². The highest BCUT2D eigenvalue weighted by atomic mass is 16.5. The first kappa shape index (κ1) is 39.9. The maximum absolute atomic E-state index is 12.1. The summed E-state index contributed by atoms with van der Waals surface area (Å²) in [5.41, 5.74) is 0. The molecule has 0 rings (SSSR count). The SMILES string of the molecule is CCCCCCCCCCCCCCCCNC(CC(=O)OCCCCCCCCCCCCCCCC)C(=O)O. The van der Waals surface area contributed by atoms with E-state index in [2.05, 4.69) is 19.2 Å². The number of hydrogen-bond donors (Lipinski definition) is 2. The molecule has 2 N–H and O–H groups in total. The van der Waals surface area contributed by atoms with E-state index in [0.717, 1.165) is 25.7 Å². The van der Waals surface area contributed by atoms with Crippen molar-refractivity contribution in [3.8, 4) is 0 Å². The average Bonchev–Trinajstić information content (AvgIpc) is 2.96. The van der Waals surface area contributed by atoms with E-state index in [4.69, 9.17) is 4.74 Å². The molecular weight excluding hydrogens is 510 g/mol. The zero-order chi connectivity index (χ0) is 30.1. The van der Waals surface area contributed by atoms with E-state index in [1.165, 1.54) is 154 Å². The Morgan fingerprint density at radius 2 is 0.829 bits per heavy atom. The second kappa shape index (κ2) is 33.4. The van der Waals surface area contributed by atoms with Crippen molar-refractivity contribution in [3.05, 3.63) is 0 Å². The van der Waals surface area contributed by atoms with Crippen molar-refractivity contribution in [2.24, 2.45) is 0 Å². The van der Waals surface area contributed by atoms with Crippen LogP contribution in [-0.4, -0.2) is 36.2 Å². The van der Waals surface area contributed by atoms with E-state index in [-0.39, 0.29) is 6.42 Å². The molecule has 1 atom stereocenters. The Labute approximate surface area is 255 Å². The molecule has 0 bridgehead atoms. The van der Waals surface area contributed by atoms with Gasteiger partial charge in [-0.2, -0.15) is 0 Å². The maximum Gasteiger partial charge on any atom is 0.321 e. The van der Waals surface area contributed by atoms with Crippen LogP contribution in [0.3, 0.4) is 0 Å². The molecule has 0 aliphatic carbocycles. The molecule has 0 aromatic carbocycles.